The normalized spacial score (nSPS) is 14.8. The van der Waals surface area contributed by atoms with Crippen LogP contribution in [-0.4, -0.2) is 40.5 Å². The van der Waals surface area contributed by atoms with Gasteiger partial charge in [0.15, 0.2) is 10.8 Å². The van der Waals surface area contributed by atoms with Crippen LogP contribution in [0.1, 0.15) is 11.1 Å². The Balaban J connectivity index is 1.60. The third-order valence-electron chi connectivity index (χ3n) is 5.16. The van der Waals surface area contributed by atoms with Crippen LogP contribution in [0.25, 0.3) is 16.7 Å². The molecule has 134 valence electrons. The van der Waals surface area contributed by atoms with Crippen molar-refractivity contribution < 1.29 is 0 Å². The van der Waals surface area contributed by atoms with Crippen molar-refractivity contribution in [3.05, 3.63) is 53.0 Å². The minimum atomic E-state index is 0.649. The zero-order valence-corrected chi connectivity index (χ0v) is 15.8. The number of aromatic nitrogens is 3. The van der Waals surface area contributed by atoms with Gasteiger partial charge in [0.25, 0.3) is 0 Å². The molecule has 27 heavy (non-hydrogen) atoms. The van der Waals surface area contributed by atoms with Crippen LogP contribution in [0.2, 0.25) is 0 Å². The Morgan fingerprint density at radius 3 is 2.63 bits per heavy atom. The standard InChI is InChI=1S/C20H18N6S/c1-14-12-18(24-7-9-25(10-8-24)20-22-6-11-27-20)26-17-5-3-2-4-16(17)23-19(26)15(14)13-21/h2-6,11-12H,7-10H2,1H3. The number of nitriles is 1. The number of aryl methyl sites for hydroxylation is 1. The summed E-state index contributed by atoms with van der Waals surface area (Å²) in [6, 6.07) is 12.5. The van der Waals surface area contributed by atoms with E-state index >= 15 is 0 Å². The maximum absolute atomic E-state index is 9.65. The van der Waals surface area contributed by atoms with E-state index in [0.29, 0.717) is 5.56 Å². The lowest BCUT2D eigenvalue weighted by Crippen LogP contribution is -2.47. The van der Waals surface area contributed by atoms with Gasteiger partial charge in [0, 0.05) is 37.8 Å². The quantitative estimate of drug-likeness (QED) is 0.538. The number of imidazole rings is 1. The van der Waals surface area contributed by atoms with Gasteiger partial charge in [0.05, 0.1) is 16.6 Å². The molecule has 6 nitrogen and oxygen atoms in total. The maximum Gasteiger partial charge on any atom is 0.185 e. The summed E-state index contributed by atoms with van der Waals surface area (Å²) in [6.07, 6.45) is 1.86. The van der Waals surface area contributed by atoms with Crippen molar-refractivity contribution in [1.82, 2.24) is 14.4 Å². The topological polar surface area (TPSA) is 60.5 Å². The highest BCUT2D eigenvalue weighted by molar-refractivity contribution is 7.13. The first-order chi connectivity index (χ1) is 13.3. The Morgan fingerprint density at radius 2 is 1.89 bits per heavy atom. The molecular weight excluding hydrogens is 356 g/mol. The highest BCUT2D eigenvalue weighted by atomic mass is 32.1. The van der Waals surface area contributed by atoms with Gasteiger partial charge in [-0.1, -0.05) is 12.1 Å². The Hall–Kier alpha value is -3.11. The van der Waals surface area contributed by atoms with E-state index in [9.17, 15) is 5.26 Å². The molecule has 0 N–H and O–H groups in total. The summed E-state index contributed by atoms with van der Waals surface area (Å²) in [4.78, 5) is 13.9. The van der Waals surface area contributed by atoms with Crippen LogP contribution in [0.3, 0.4) is 0 Å². The lowest BCUT2D eigenvalue weighted by Gasteiger charge is -2.36. The van der Waals surface area contributed by atoms with E-state index < -0.39 is 0 Å². The second kappa shape index (κ2) is 6.25. The lowest BCUT2D eigenvalue weighted by molar-refractivity contribution is 0.644. The summed E-state index contributed by atoms with van der Waals surface area (Å²) in [5.41, 5.74) is 4.33. The fraction of sp³-hybridized carbons (Fsp3) is 0.250. The molecule has 3 aromatic heterocycles. The second-order valence-corrected chi connectivity index (χ2v) is 7.59. The number of nitrogens with zero attached hydrogens (tertiary/aromatic N) is 6. The van der Waals surface area contributed by atoms with Crippen LogP contribution in [0.15, 0.2) is 41.9 Å². The molecule has 0 unspecified atom stereocenters. The number of hydrogen-bond donors (Lipinski definition) is 0. The van der Waals surface area contributed by atoms with E-state index in [1.165, 1.54) is 0 Å². The van der Waals surface area contributed by atoms with Crippen molar-refractivity contribution in [1.29, 1.82) is 5.26 Å². The monoisotopic (exact) mass is 374 g/mol. The molecular formula is C20H18N6S. The molecule has 0 aliphatic carbocycles. The van der Waals surface area contributed by atoms with E-state index in [4.69, 9.17) is 4.98 Å². The number of benzene rings is 1. The molecule has 0 spiro atoms. The summed E-state index contributed by atoms with van der Waals surface area (Å²) < 4.78 is 2.14. The molecule has 0 atom stereocenters. The number of hydrogen-bond acceptors (Lipinski definition) is 6. The highest BCUT2D eigenvalue weighted by Gasteiger charge is 2.23. The molecule has 0 amide bonds. The Kier molecular flexibility index (Phi) is 3.73. The van der Waals surface area contributed by atoms with Crippen LogP contribution in [0.4, 0.5) is 10.9 Å². The number of piperazine rings is 1. The van der Waals surface area contributed by atoms with Crippen LogP contribution in [0.5, 0.6) is 0 Å². The zero-order chi connectivity index (χ0) is 18.4. The van der Waals surface area contributed by atoms with Gasteiger partial charge in [-0.05, 0) is 30.7 Å². The highest BCUT2D eigenvalue weighted by Crippen LogP contribution is 2.30. The SMILES string of the molecule is Cc1cc(N2CCN(c3nccs3)CC2)n2c(nc3ccccc32)c1C#N. The molecule has 0 bridgehead atoms. The molecule has 0 radical (unpaired) electrons. The third-order valence-corrected chi connectivity index (χ3v) is 5.99. The minimum Gasteiger partial charge on any atom is -0.354 e. The Bertz CT molecular complexity index is 1160. The number of thiazole rings is 1. The van der Waals surface area contributed by atoms with Gasteiger partial charge in [-0.25, -0.2) is 9.97 Å². The first kappa shape index (κ1) is 16.1. The molecule has 1 aromatic carbocycles. The Labute approximate surface area is 160 Å². The molecule has 7 heteroatoms. The van der Waals surface area contributed by atoms with Crippen LogP contribution in [-0.2, 0) is 0 Å². The molecule has 0 saturated carbocycles. The van der Waals surface area contributed by atoms with Crippen LogP contribution in [0, 0.1) is 18.3 Å². The zero-order valence-electron chi connectivity index (χ0n) is 15.0. The molecule has 1 aliphatic heterocycles. The van der Waals surface area contributed by atoms with Gasteiger partial charge in [-0.15, -0.1) is 11.3 Å². The van der Waals surface area contributed by atoms with Gasteiger partial charge < -0.3 is 9.80 Å². The van der Waals surface area contributed by atoms with Gasteiger partial charge in [0.1, 0.15) is 11.9 Å². The second-order valence-electron chi connectivity index (χ2n) is 6.72. The predicted molar refractivity (Wildman–Crippen MR) is 109 cm³/mol. The van der Waals surface area contributed by atoms with Crippen molar-refractivity contribution >= 4 is 39.0 Å². The van der Waals surface area contributed by atoms with Crippen molar-refractivity contribution in [3.63, 3.8) is 0 Å². The fourth-order valence-corrected chi connectivity index (χ4v) is 4.50. The lowest BCUT2D eigenvalue weighted by atomic mass is 10.1. The first-order valence-electron chi connectivity index (χ1n) is 8.96. The number of pyridine rings is 1. The van der Waals surface area contributed by atoms with E-state index in [1.54, 1.807) is 11.3 Å². The summed E-state index contributed by atoms with van der Waals surface area (Å²) in [7, 11) is 0. The first-order valence-corrected chi connectivity index (χ1v) is 9.84. The molecule has 5 rings (SSSR count). The molecule has 1 saturated heterocycles. The van der Waals surface area contributed by atoms with Crippen molar-refractivity contribution in [2.24, 2.45) is 0 Å². The summed E-state index contributed by atoms with van der Waals surface area (Å²) in [5, 5.41) is 12.8. The largest absolute Gasteiger partial charge is 0.354 e. The fourth-order valence-electron chi connectivity index (χ4n) is 3.80. The summed E-state index contributed by atoms with van der Waals surface area (Å²) >= 11 is 1.68. The van der Waals surface area contributed by atoms with Gasteiger partial charge >= 0.3 is 0 Å². The summed E-state index contributed by atoms with van der Waals surface area (Å²) in [5.74, 6) is 1.11. The van der Waals surface area contributed by atoms with Crippen LogP contribution >= 0.6 is 11.3 Å². The third kappa shape index (κ3) is 2.53. The number of rotatable bonds is 2. The Morgan fingerprint density at radius 1 is 1.11 bits per heavy atom. The number of anilines is 2. The number of para-hydroxylation sites is 2. The van der Waals surface area contributed by atoms with E-state index in [2.05, 4.69) is 37.4 Å². The molecule has 4 heterocycles. The summed E-state index contributed by atoms with van der Waals surface area (Å²) in [6.45, 7) is 5.67. The van der Waals surface area contributed by atoms with Crippen molar-refractivity contribution in [3.8, 4) is 6.07 Å². The molecule has 1 fully saturated rings. The van der Waals surface area contributed by atoms with Gasteiger partial charge in [0.2, 0.25) is 0 Å². The number of fused-ring (bicyclic) bond motifs is 3. The predicted octanol–water partition coefficient (Wildman–Crippen LogP) is 3.45. The van der Waals surface area contributed by atoms with Crippen molar-refractivity contribution in [2.45, 2.75) is 6.92 Å². The maximum atomic E-state index is 9.65. The van der Waals surface area contributed by atoms with Gasteiger partial charge in [-0.3, -0.25) is 4.40 Å². The van der Waals surface area contributed by atoms with Gasteiger partial charge in [-0.2, -0.15) is 5.26 Å². The van der Waals surface area contributed by atoms with E-state index in [0.717, 1.165) is 59.4 Å². The van der Waals surface area contributed by atoms with E-state index in [1.807, 2.05) is 36.7 Å². The molecule has 1 aliphatic rings. The average molecular weight is 374 g/mol. The molecule has 4 aromatic rings. The van der Waals surface area contributed by atoms with Crippen LogP contribution < -0.4 is 9.80 Å². The minimum absolute atomic E-state index is 0.649. The van der Waals surface area contributed by atoms with E-state index in [-0.39, 0.29) is 0 Å². The smallest absolute Gasteiger partial charge is 0.185 e. The average Bonchev–Trinajstić information content (AvgIpc) is 3.36. The van der Waals surface area contributed by atoms with Crippen molar-refractivity contribution in [2.75, 3.05) is 36.0 Å².